The Bertz CT molecular complexity index is 1200. The van der Waals surface area contributed by atoms with E-state index in [0.29, 0.717) is 0 Å². The number of benzene rings is 2. The Hall–Kier alpha value is -3.04. The molecule has 206 valence electrons. The van der Waals surface area contributed by atoms with Gasteiger partial charge in [-0.2, -0.15) is 13.2 Å². The molecule has 0 aliphatic heterocycles. The average molecular weight is 558 g/mol. The molecule has 2 aromatic rings. The molecule has 0 heterocycles. The number of aliphatic carboxylic acids is 1. The number of rotatable bonds is 11. The van der Waals surface area contributed by atoms with Crippen molar-refractivity contribution in [2.45, 2.75) is 37.0 Å². The molecule has 0 aromatic heterocycles. The van der Waals surface area contributed by atoms with Crippen LogP contribution in [-0.2, 0) is 20.1 Å². The van der Waals surface area contributed by atoms with Crippen molar-refractivity contribution in [3.8, 4) is 22.6 Å². The number of carboxylic acid groups (broad SMARTS) is 1. The Morgan fingerprint density at radius 2 is 1.68 bits per heavy atom. The normalized spacial score (nSPS) is 16.4. The van der Waals surface area contributed by atoms with Gasteiger partial charge in [-0.05, 0) is 29.7 Å². The lowest BCUT2D eigenvalue weighted by Gasteiger charge is -2.31. The van der Waals surface area contributed by atoms with Gasteiger partial charge < -0.3 is 25.4 Å². The number of carboxylic acids is 1. The Labute approximate surface area is 208 Å². The highest BCUT2D eigenvalue weighted by atomic mass is 32.2. The maximum atomic E-state index is 13.9. The van der Waals surface area contributed by atoms with Gasteiger partial charge in [-0.3, -0.25) is 9.57 Å². The van der Waals surface area contributed by atoms with E-state index in [4.69, 9.17) is 20.4 Å². The summed E-state index contributed by atoms with van der Waals surface area (Å²) < 4.78 is 108. The van der Waals surface area contributed by atoms with Crippen molar-refractivity contribution >= 4 is 15.7 Å². The zero-order valence-corrected chi connectivity index (χ0v) is 20.0. The summed E-state index contributed by atoms with van der Waals surface area (Å²) in [6, 6.07) is 5.95. The Kier molecular flexibility index (Phi) is 9.09. The molecule has 0 fully saturated rings. The second kappa shape index (κ2) is 11.1. The molecule has 0 aliphatic rings. The average Bonchev–Trinajstić information content (AvgIpc) is 2.79. The van der Waals surface area contributed by atoms with Crippen LogP contribution in [0.25, 0.3) is 11.1 Å². The molecule has 0 bridgehead atoms. The number of hydrogen-bond donors (Lipinski definition) is 4. The van der Waals surface area contributed by atoms with Crippen molar-refractivity contribution in [1.29, 1.82) is 4.78 Å². The van der Waals surface area contributed by atoms with E-state index < -0.39 is 75.5 Å². The summed E-state index contributed by atoms with van der Waals surface area (Å²) in [5.74, 6) is -3.50. The topological polar surface area (TPSA) is 143 Å². The van der Waals surface area contributed by atoms with Gasteiger partial charge in [0.15, 0.2) is 5.60 Å². The summed E-state index contributed by atoms with van der Waals surface area (Å²) in [5.41, 5.74) is 1.64. The fourth-order valence-corrected chi connectivity index (χ4v) is 4.80. The third kappa shape index (κ3) is 7.97. The van der Waals surface area contributed by atoms with Gasteiger partial charge in [-0.1, -0.05) is 24.3 Å². The Morgan fingerprint density at radius 3 is 2.16 bits per heavy atom. The van der Waals surface area contributed by atoms with Crippen molar-refractivity contribution in [1.82, 2.24) is 0 Å². The van der Waals surface area contributed by atoms with Crippen LogP contribution in [0.1, 0.15) is 18.4 Å². The SMILES string of the molecule is COc1cc(OC(F)(F)F)ccc1-c1ccc(C(O)(CC[S@](=N)(=O)CC[C@H](N)C(=O)O)C(F)(F)F)cc1. The van der Waals surface area contributed by atoms with E-state index in [0.717, 1.165) is 24.3 Å². The van der Waals surface area contributed by atoms with Crippen LogP contribution in [0.2, 0.25) is 0 Å². The lowest BCUT2D eigenvalue weighted by molar-refractivity contribution is -0.274. The molecular weight excluding hydrogens is 534 g/mol. The molecular formula is C22H24F6N2O6S. The molecule has 0 spiro atoms. The lowest BCUT2D eigenvalue weighted by Crippen LogP contribution is -2.44. The second-order valence-corrected chi connectivity index (χ2v) is 10.5. The number of methoxy groups -OCH3 is 1. The third-order valence-electron chi connectivity index (χ3n) is 5.42. The van der Waals surface area contributed by atoms with Crippen molar-refractivity contribution in [3.63, 3.8) is 0 Å². The van der Waals surface area contributed by atoms with Crippen molar-refractivity contribution in [2.75, 3.05) is 18.6 Å². The molecule has 5 N–H and O–H groups in total. The minimum Gasteiger partial charge on any atom is -0.496 e. The van der Waals surface area contributed by atoms with Crippen LogP contribution in [0.15, 0.2) is 42.5 Å². The third-order valence-corrected chi connectivity index (χ3v) is 7.18. The molecule has 3 atom stereocenters. The molecule has 2 rings (SSSR count). The Balaban J connectivity index is 2.30. The summed E-state index contributed by atoms with van der Waals surface area (Å²) in [5, 5.41) is 19.3. The van der Waals surface area contributed by atoms with Crippen LogP contribution in [0.4, 0.5) is 26.3 Å². The molecule has 2 aromatic carbocycles. The van der Waals surface area contributed by atoms with Crippen molar-refractivity contribution < 1.29 is 55.0 Å². The smallest absolute Gasteiger partial charge is 0.496 e. The number of nitrogens with two attached hydrogens (primary N) is 1. The number of nitrogens with one attached hydrogen (secondary N) is 1. The van der Waals surface area contributed by atoms with E-state index in [-0.39, 0.29) is 16.9 Å². The predicted molar refractivity (Wildman–Crippen MR) is 121 cm³/mol. The first-order valence-corrected chi connectivity index (χ1v) is 12.3. The monoisotopic (exact) mass is 558 g/mol. The predicted octanol–water partition coefficient (Wildman–Crippen LogP) is 4.25. The molecule has 0 saturated heterocycles. The minimum absolute atomic E-state index is 0.0610. The van der Waals surface area contributed by atoms with E-state index in [1.165, 1.54) is 25.3 Å². The van der Waals surface area contributed by atoms with Gasteiger partial charge in [0.25, 0.3) is 0 Å². The number of halogens is 6. The van der Waals surface area contributed by atoms with E-state index >= 15 is 0 Å². The first-order chi connectivity index (χ1) is 16.9. The van der Waals surface area contributed by atoms with Gasteiger partial charge in [0.05, 0.1) is 7.11 Å². The Morgan fingerprint density at radius 1 is 1.08 bits per heavy atom. The molecule has 37 heavy (non-hydrogen) atoms. The van der Waals surface area contributed by atoms with Gasteiger partial charge in [-0.15, -0.1) is 13.2 Å². The molecule has 0 amide bonds. The molecule has 0 saturated carbocycles. The van der Waals surface area contributed by atoms with Gasteiger partial charge in [0, 0.05) is 39.3 Å². The van der Waals surface area contributed by atoms with Crippen LogP contribution in [0, 0.1) is 4.78 Å². The number of aliphatic hydroxyl groups is 1. The number of ether oxygens (including phenoxy) is 2. The molecule has 1 unspecified atom stereocenters. The highest BCUT2D eigenvalue weighted by Crippen LogP contribution is 2.43. The highest BCUT2D eigenvalue weighted by molar-refractivity contribution is 7.92. The van der Waals surface area contributed by atoms with Crippen LogP contribution >= 0.6 is 0 Å². The van der Waals surface area contributed by atoms with Gasteiger partial charge >= 0.3 is 18.5 Å². The standard InChI is InChI=1S/C22H24F6N2O6S/c1-35-18-12-15(36-22(26,27)28)6-7-16(18)13-2-4-14(5-3-13)20(33,21(23,24)25)9-11-37(30,34)10-8-17(29)19(31)32/h2-7,12,17,30,33H,8-11,29H2,1H3,(H,31,32)/t17-,20?,37+/m0/s1. The summed E-state index contributed by atoms with van der Waals surface area (Å²) in [6.07, 6.45) is -11.7. The van der Waals surface area contributed by atoms with Crippen LogP contribution in [0.5, 0.6) is 11.5 Å². The van der Waals surface area contributed by atoms with Crippen LogP contribution in [0.3, 0.4) is 0 Å². The summed E-state index contributed by atoms with van der Waals surface area (Å²) in [6.45, 7) is 0. The summed E-state index contributed by atoms with van der Waals surface area (Å²) in [7, 11) is -2.53. The molecule has 8 nitrogen and oxygen atoms in total. The molecule has 0 radical (unpaired) electrons. The zero-order valence-electron chi connectivity index (χ0n) is 19.2. The minimum atomic E-state index is -5.23. The zero-order chi connectivity index (χ0) is 28.2. The summed E-state index contributed by atoms with van der Waals surface area (Å²) in [4.78, 5) is 10.8. The van der Waals surface area contributed by atoms with Crippen molar-refractivity contribution in [3.05, 3.63) is 48.0 Å². The van der Waals surface area contributed by atoms with E-state index in [1.807, 2.05) is 0 Å². The maximum absolute atomic E-state index is 13.9. The largest absolute Gasteiger partial charge is 0.573 e. The molecule has 15 heteroatoms. The quantitative estimate of drug-likeness (QED) is 0.302. The van der Waals surface area contributed by atoms with Crippen molar-refractivity contribution in [2.24, 2.45) is 5.73 Å². The number of carbonyl (C=O) groups is 1. The van der Waals surface area contributed by atoms with E-state index in [1.54, 1.807) is 0 Å². The number of hydrogen-bond acceptors (Lipinski definition) is 7. The fourth-order valence-electron chi connectivity index (χ4n) is 3.34. The summed E-state index contributed by atoms with van der Waals surface area (Å²) >= 11 is 0. The first kappa shape index (κ1) is 30.2. The van der Waals surface area contributed by atoms with Gasteiger partial charge in [0.2, 0.25) is 0 Å². The number of alkyl halides is 6. The van der Waals surface area contributed by atoms with E-state index in [9.17, 15) is 40.5 Å². The molecule has 0 aliphatic carbocycles. The van der Waals surface area contributed by atoms with Gasteiger partial charge in [-0.25, -0.2) is 4.21 Å². The van der Waals surface area contributed by atoms with Crippen LogP contribution in [-0.4, -0.2) is 57.6 Å². The lowest BCUT2D eigenvalue weighted by atomic mass is 9.89. The van der Waals surface area contributed by atoms with Gasteiger partial charge in [0.1, 0.15) is 17.5 Å². The van der Waals surface area contributed by atoms with E-state index in [2.05, 4.69) is 4.74 Å². The fraction of sp³-hybridized carbons (Fsp3) is 0.409. The highest BCUT2D eigenvalue weighted by Gasteiger charge is 2.54. The maximum Gasteiger partial charge on any atom is 0.573 e. The first-order valence-electron chi connectivity index (χ1n) is 10.4. The second-order valence-electron chi connectivity index (χ2n) is 8.05. The van der Waals surface area contributed by atoms with Crippen LogP contribution < -0.4 is 15.2 Å².